The average Bonchev–Trinajstić information content (AvgIpc) is 2.62. The fraction of sp³-hybridized carbons (Fsp3) is 0.391. The van der Waals surface area contributed by atoms with Crippen molar-refractivity contribution < 1.29 is 23.7 Å². The summed E-state index contributed by atoms with van der Waals surface area (Å²) < 4.78 is 1.21. The van der Waals surface area contributed by atoms with Crippen LogP contribution in [-0.2, 0) is 0 Å². The third-order valence-electron chi connectivity index (χ3n) is 3.63. The van der Waals surface area contributed by atoms with Crippen molar-refractivity contribution in [3.8, 4) is 0 Å². The molecule has 0 spiro atoms. The number of benzene rings is 2. The van der Waals surface area contributed by atoms with E-state index in [-0.39, 0.29) is 18.9 Å². The first kappa shape index (κ1) is 27.4. The van der Waals surface area contributed by atoms with E-state index in [1.165, 1.54) is 16.5 Å². The minimum Gasteiger partial charge on any atom is -0.343 e. The van der Waals surface area contributed by atoms with Crippen molar-refractivity contribution in [1.82, 2.24) is 0 Å². The van der Waals surface area contributed by atoms with Crippen LogP contribution in [0.25, 0.3) is 0 Å². The van der Waals surface area contributed by atoms with Crippen molar-refractivity contribution in [2.45, 2.75) is 59.3 Å². The topological polar surface area (TPSA) is 17.1 Å². The molecule has 0 amide bonds. The molecule has 0 saturated heterocycles. The molecule has 2 aromatic rings. The summed E-state index contributed by atoms with van der Waals surface area (Å²) >= 11 is 3.50. The Hall–Kier alpha value is -0.813. The van der Waals surface area contributed by atoms with E-state index in [0.29, 0.717) is 11.8 Å². The van der Waals surface area contributed by atoms with E-state index in [2.05, 4.69) is 75.7 Å². The van der Waals surface area contributed by atoms with Crippen LogP contribution in [0.2, 0.25) is 0 Å². The molecule has 0 aliphatic heterocycles. The largest absolute Gasteiger partial charge is 1.00 e. The van der Waals surface area contributed by atoms with Gasteiger partial charge in [0.15, 0.2) is 0 Å². The zero-order valence-corrected chi connectivity index (χ0v) is 18.8. The third-order valence-corrected chi connectivity index (χ3v) is 4.35. The molecule has 26 heavy (non-hydrogen) atoms. The van der Waals surface area contributed by atoms with Gasteiger partial charge in [-0.1, -0.05) is 99.4 Å². The molecule has 3 heteroatoms. The second-order valence-electron chi connectivity index (χ2n) is 6.43. The first-order valence-corrected chi connectivity index (χ1v) is 9.75. The van der Waals surface area contributed by atoms with Gasteiger partial charge in [-0.05, 0) is 29.0 Å². The van der Waals surface area contributed by atoms with Crippen molar-refractivity contribution in [2.75, 3.05) is 0 Å². The molecule has 0 atom stereocenters. The summed E-state index contributed by atoms with van der Waals surface area (Å²) in [5, 5.41) is 0. The van der Waals surface area contributed by atoms with Crippen LogP contribution in [0.1, 0.15) is 80.8 Å². The van der Waals surface area contributed by atoms with Crippen LogP contribution >= 0.6 is 15.9 Å². The van der Waals surface area contributed by atoms with Gasteiger partial charge in [0.1, 0.15) is 6.29 Å². The van der Waals surface area contributed by atoms with Crippen molar-refractivity contribution in [3.63, 3.8) is 0 Å². The number of halogens is 1. The number of rotatable bonds is 4. The van der Waals surface area contributed by atoms with Crippen LogP contribution in [0.3, 0.4) is 0 Å². The molecule has 2 aromatic carbocycles. The Kier molecular flexibility index (Phi) is 17.3. The van der Waals surface area contributed by atoms with E-state index >= 15 is 0 Å². The zero-order valence-electron chi connectivity index (χ0n) is 17.3. The molecule has 0 aromatic heterocycles. The Bertz CT molecular complexity index is 607. The standard InChI is InChI=1S/C10H12O.C9H11Br.C4H9.Li/c1-8(2)10-6-4-3-5-9(10)7-11;1-7(2)8-5-3-4-6-9(8)10;1-3-4-2;/h3-8H,1-2H3;3-7H,1-2H3;1,3-4H2,2H3;/q;;-1;+1. The van der Waals surface area contributed by atoms with E-state index in [1.807, 2.05) is 30.3 Å². The van der Waals surface area contributed by atoms with Crippen molar-refractivity contribution in [1.29, 1.82) is 0 Å². The van der Waals surface area contributed by atoms with Crippen LogP contribution in [0.4, 0.5) is 0 Å². The van der Waals surface area contributed by atoms with Gasteiger partial charge in [-0.15, -0.1) is 0 Å². The van der Waals surface area contributed by atoms with Crippen LogP contribution in [-0.4, -0.2) is 6.29 Å². The number of aldehydes is 1. The molecular weight excluding hydrogens is 379 g/mol. The molecular formula is C23H32BrLiO. The maximum atomic E-state index is 10.5. The molecule has 0 unspecified atom stereocenters. The first-order valence-electron chi connectivity index (χ1n) is 8.96. The van der Waals surface area contributed by atoms with Gasteiger partial charge in [-0.2, -0.15) is 6.42 Å². The quantitative estimate of drug-likeness (QED) is 0.401. The Balaban J connectivity index is 0. The van der Waals surface area contributed by atoms with Crippen molar-refractivity contribution >= 4 is 22.2 Å². The van der Waals surface area contributed by atoms with Gasteiger partial charge < -0.3 is 6.92 Å². The average molecular weight is 411 g/mol. The predicted molar refractivity (Wildman–Crippen MR) is 114 cm³/mol. The molecule has 2 rings (SSSR count). The van der Waals surface area contributed by atoms with Gasteiger partial charge in [0.25, 0.3) is 0 Å². The molecule has 0 radical (unpaired) electrons. The molecule has 0 aliphatic carbocycles. The van der Waals surface area contributed by atoms with E-state index in [1.54, 1.807) is 0 Å². The minimum atomic E-state index is 0. The van der Waals surface area contributed by atoms with Crippen molar-refractivity contribution in [2.24, 2.45) is 0 Å². The summed E-state index contributed by atoms with van der Waals surface area (Å²) in [7, 11) is 0. The summed E-state index contributed by atoms with van der Waals surface area (Å²) in [6.07, 6.45) is 3.19. The number of hydrogen-bond donors (Lipinski definition) is 0. The Morgan fingerprint density at radius 1 is 0.923 bits per heavy atom. The summed E-state index contributed by atoms with van der Waals surface area (Å²) in [6.45, 7) is 14.3. The van der Waals surface area contributed by atoms with E-state index < -0.39 is 0 Å². The number of hydrogen-bond acceptors (Lipinski definition) is 1. The van der Waals surface area contributed by atoms with E-state index in [9.17, 15) is 4.79 Å². The smallest absolute Gasteiger partial charge is 0.343 e. The summed E-state index contributed by atoms with van der Waals surface area (Å²) in [4.78, 5) is 10.5. The Morgan fingerprint density at radius 3 is 1.65 bits per heavy atom. The molecule has 0 fully saturated rings. The van der Waals surface area contributed by atoms with Crippen molar-refractivity contribution in [3.05, 3.63) is 76.6 Å². The molecule has 0 saturated carbocycles. The summed E-state index contributed by atoms with van der Waals surface area (Å²) in [5.74, 6) is 1.03. The third kappa shape index (κ3) is 11.0. The molecule has 138 valence electrons. The maximum absolute atomic E-state index is 10.5. The molecule has 1 nitrogen and oxygen atoms in total. The van der Waals surface area contributed by atoms with Crippen LogP contribution in [0, 0.1) is 6.92 Å². The Labute approximate surface area is 181 Å². The number of carbonyl (C=O) groups is 1. The van der Waals surface area contributed by atoms with E-state index in [4.69, 9.17) is 0 Å². The van der Waals surface area contributed by atoms with Gasteiger partial charge in [0.05, 0.1) is 0 Å². The van der Waals surface area contributed by atoms with Crippen LogP contribution in [0.15, 0.2) is 53.0 Å². The number of carbonyl (C=O) groups excluding carboxylic acids is 1. The SMILES string of the molecule is CC(C)c1ccccc1Br.CC(C)c1ccccc1C=O.[CH2-]CCC.[Li+]. The van der Waals surface area contributed by atoms with Gasteiger partial charge in [0, 0.05) is 10.0 Å². The monoisotopic (exact) mass is 410 g/mol. The summed E-state index contributed by atoms with van der Waals surface area (Å²) in [5.41, 5.74) is 3.31. The van der Waals surface area contributed by atoms with Crippen LogP contribution in [0.5, 0.6) is 0 Å². The first-order chi connectivity index (χ1) is 11.9. The number of unbranched alkanes of at least 4 members (excludes halogenated alkanes) is 1. The molecule has 0 heterocycles. The maximum Gasteiger partial charge on any atom is 1.00 e. The fourth-order valence-electron chi connectivity index (χ4n) is 2.09. The molecule has 0 aliphatic rings. The van der Waals surface area contributed by atoms with Gasteiger partial charge in [0.2, 0.25) is 0 Å². The normalized spacial score (nSPS) is 9.42. The van der Waals surface area contributed by atoms with Gasteiger partial charge in [-0.3, -0.25) is 4.79 Å². The Morgan fingerprint density at radius 2 is 1.35 bits per heavy atom. The second kappa shape index (κ2) is 16.4. The zero-order chi connectivity index (χ0) is 19.2. The summed E-state index contributed by atoms with van der Waals surface area (Å²) in [6, 6.07) is 16.0. The predicted octanol–water partition coefficient (Wildman–Crippen LogP) is 4.82. The molecule has 0 bridgehead atoms. The van der Waals surface area contributed by atoms with Gasteiger partial charge >= 0.3 is 18.9 Å². The fourth-order valence-corrected chi connectivity index (χ4v) is 2.83. The minimum absolute atomic E-state index is 0. The van der Waals surface area contributed by atoms with E-state index in [0.717, 1.165) is 23.8 Å². The second-order valence-corrected chi connectivity index (χ2v) is 7.29. The van der Waals surface area contributed by atoms with Gasteiger partial charge in [-0.25, -0.2) is 0 Å². The molecule has 0 N–H and O–H groups in total. The van der Waals surface area contributed by atoms with Crippen LogP contribution < -0.4 is 18.9 Å².